The normalized spacial score (nSPS) is 26.2. The second-order valence-electron chi connectivity index (χ2n) is 7.36. The molecule has 0 aliphatic carbocycles. The number of nitrogens with zero attached hydrogens (tertiary/aromatic N) is 3. The zero-order valence-electron chi connectivity index (χ0n) is 14.9. The van der Waals surface area contributed by atoms with E-state index in [4.69, 9.17) is 14.0 Å². The third-order valence-electron chi connectivity index (χ3n) is 5.52. The summed E-state index contributed by atoms with van der Waals surface area (Å²) in [6.07, 6.45) is 1.80. The number of fused-ring (bicyclic) bond motifs is 1. The summed E-state index contributed by atoms with van der Waals surface area (Å²) >= 11 is 0. The standard InChI is InChI=1S/C19H25N3O3/c1-14-18(15(2)25-21-14)8-22-7-16-9-23-12-19(16,11-22)13-24-10-17-5-3-4-6-20-17/h3-6,16H,7-13H2,1-2H3/t16-,19+/m1/s1. The summed E-state index contributed by atoms with van der Waals surface area (Å²) in [6.45, 7) is 9.79. The van der Waals surface area contributed by atoms with E-state index in [2.05, 4.69) is 15.0 Å². The van der Waals surface area contributed by atoms with Crippen LogP contribution in [0.1, 0.15) is 22.7 Å². The fourth-order valence-electron chi connectivity index (χ4n) is 4.06. The van der Waals surface area contributed by atoms with E-state index >= 15 is 0 Å². The van der Waals surface area contributed by atoms with Crippen molar-refractivity contribution in [3.05, 3.63) is 47.1 Å². The molecule has 2 aliphatic rings. The first kappa shape index (κ1) is 16.7. The number of aromatic nitrogens is 2. The van der Waals surface area contributed by atoms with Crippen LogP contribution in [0.5, 0.6) is 0 Å². The Labute approximate surface area is 148 Å². The van der Waals surface area contributed by atoms with Gasteiger partial charge in [0.1, 0.15) is 5.76 Å². The zero-order chi connectivity index (χ0) is 17.3. The third-order valence-corrected chi connectivity index (χ3v) is 5.52. The summed E-state index contributed by atoms with van der Waals surface area (Å²) in [6, 6.07) is 5.91. The van der Waals surface area contributed by atoms with Crippen LogP contribution >= 0.6 is 0 Å². The smallest absolute Gasteiger partial charge is 0.138 e. The monoisotopic (exact) mass is 343 g/mol. The van der Waals surface area contributed by atoms with Crippen LogP contribution in [0.15, 0.2) is 28.9 Å². The molecule has 2 atom stereocenters. The molecule has 0 N–H and O–H groups in total. The van der Waals surface area contributed by atoms with Crippen molar-refractivity contribution in [3.63, 3.8) is 0 Å². The molecule has 6 nitrogen and oxygen atoms in total. The first-order chi connectivity index (χ1) is 12.2. The van der Waals surface area contributed by atoms with Gasteiger partial charge >= 0.3 is 0 Å². The Kier molecular flexibility index (Phi) is 4.58. The van der Waals surface area contributed by atoms with Crippen molar-refractivity contribution in [1.29, 1.82) is 0 Å². The number of pyridine rings is 1. The van der Waals surface area contributed by atoms with E-state index in [0.717, 1.165) is 50.0 Å². The van der Waals surface area contributed by atoms with Gasteiger partial charge in [0.25, 0.3) is 0 Å². The average molecular weight is 343 g/mol. The molecule has 0 aromatic carbocycles. The summed E-state index contributed by atoms with van der Waals surface area (Å²) < 4.78 is 17.1. The van der Waals surface area contributed by atoms with Gasteiger partial charge in [-0.1, -0.05) is 11.2 Å². The van der Waals surface area contributed by atoms with Crippen LogP contribution in [-0.4, -0.2) is 48.0 Å². The quantitative estimate of drug-likeness (QED) is 0.802. The van der Waals surface area contributed by atoms with Crippen LogP contribution in [0, 0.1) is 25.2 Å². The van der Waals surface area contributed by atoms with E-state index < -0.39 is 0 Å². The van der Waals surface area contributed by atoms with E-state index in [1.54, 1.807) is 6.20 Å². The van der Waals surface area contributed by atoms with Gasteiger partial charge in [0, 0.05) is 42.7 Å². The molecule has 2 fully saturated rings. The third kappa shape index (κ3) is 3.34. The number of aryl methyl sites for hydroxylation is 2. The molecule has 6 heteroatoms. The molecule has 4 heterocycles. The van der Waals surface area contributed by atoms with Crippen molar-refractivity contribution >= 4 is 0 Å². The van der Waals surface area contributed by atoms with Gasteiger partial charge in [-0.15, -0.1) is 0 Å². The maximum atomic E-state index is 6.04. The van der Waals surface area contributed by atoms with E-state index in [0.29, 0.717) is 19.1 Å². The predicted molar refractivity (Wildman–Crippen MR) is 91.9 cm³/mol. The predicted octanol–water partition coefficient (Wildman–Crippen LogP) is 2.35. The Hall–Kier alpha value is -1.76. The fraction of sp³-hybridized carbons (Fsp3) is 0.579. The SMILES string of the molecule is Cc1noc(C)c1CN1C[C@@H]2COC[C@]2(COCc2ccccn2)C1. The number of ether oxygens (including phenoxy) is 2. The maximum Gasteiger partial charge on any atom is 0.138 e. The first-order valence-corrected chi connectivity index (χ1v) is 8.86. The van der Waals surface area contributed by atoms with Crippen LogP contribution in [-0.2, 0) is 22.6 Å². The minimum absolute atomic E-state index is 0.0910. The van der Waals surface area contributed by atoms with Gasteiger partial charge in [0.05, 0.1) is 37.8 Å². The van der Waals surface area contributed by atoms with Gasteiger partial charge in [-0.2, -0.15) is 0 Å². The fourth-order valence-corrected chi connectivity index (χ4v) is 4.06. The molecule has 134 valence electrons. The summed E-state index contributed by atoms with van der Waals surface area (Å²) in [5.41, 5.74) is 3.27. The van der Waals surface area contributed by atoms with E-state index in [1.807, 2.05) is 32.0 Å². The highest BCUT2D eigenvalue weighted by atomic mass is 16.5. The Bertz CT molecular complexity index is 698. The Morgan fingerprint density at radius 1 is 1.36 bits per heavy atom. The van der Waals surface area contributed by atoms with Gasteiger partial charge in [-0.3, -0.25) is 9.88 Å². The van der Waals surface area contributed by atoms with Gasteiger partial charge in [-0.25, -0.2) is 0 Å². The Morgan fingerprint density at radius 2 is 2.28 bits per heavy atom. The number of hydrogen-bond donors (Lipinski definition) is 0. The van der Waals surface area contributed by atoms with Crippen molar-refractivity contribution in [2.45, 2.75) is 27.0 Å². The van der Waals surface area contributed by atoms with Crippen LogP contribution in [0.4, 0.5) is 0 Å². The molecule has 4 rings (SSSR count). The topological polar surface area (TPSA) is 60.6 Å². The van der Waals surface area contributed by atoms with Crippen molar-refractivity contribution in [1.82, 2.24) is 15.0 Å². The Balaban J connectivity index is 1.38. The number of hydrogen-bond acceptors (Lipinski definition) is 6. The van der Waals surface area contributed by atoms with Crippen molar-refractivity contribution in [2.75, 3.05) is 32.9 Å². The molecule has 2 aromatic heterocycles. The summed E-state index contributed by atoms with van der Waals surface area (Å²) in [5, 5.41) is 4.07. The van der Waals surface area contributed by atoms with Gasteiger partial charge < -0.3 is 14.0 Å². The zero-order valence-corrected chi connectivity index (χ0v) is 14.9. The second-order valence-corrected chi connectivity index (χ2v) is 7.36. The molecule has 2 aromatic rings. The lowest BCUT2D eigenvalue weighted by Crippen LogP contribution is -2.35. The van der Waals surface area contributed by atoms with Crippen molar-refractivity contribution in [2.24, 2.45) is 11.3 Å². The molecule has 0 spiro atoms. The van der Waals surface area contributed by atoms with Gasteiger partial charge in [0.15, 0.2) is 0 Å². The van der Waals surface area contributed by atoms with E-state index in [9.17, 15) is 0 Å². The van der Waals surface area contributed by atoms with Gasteiger partial charge in [0.2, 0.25) is 0 Å². The molecule has 2 saturated heterocycles. The molecule has 0 amide bonds. The van der Waals surface area contributed by atoms with Crippen molar-refractivity contribution < 1.29 is 14.0 Å². The van der Waals surface area contributed by atoms with E-state index in [1.165, 1.54) is 5.56 Å². The minimum atomic E-state index is 0.0910. The molecular weight excluding hydrogens is 318 g/mol. The first-order valence-electron chi connectivity index (χ1n) is 8.86. The lowest BCUT2D eigenvalue weighted by Gasteiger charge is -2.27. The average Bonchev–Trinajstić information content (AvgIpc) is 3.24. The molecule has 0 bridgehead atoms. The molecular formula is C19H25N3O3. The van der Waals surface area contributed by atoms with E-state index in [-0.39, 0.29) is 5.41 Å². The van der Waals surface area contributed by atoms with Gasteiger partial charge in [-0.05, 0) is 26.0 Å². The highest BCUT2D eigenvalue weighted by Crippen LogP contribution is 2.42. The number of rotatable bonds is 6. The van der Waals surface area contributed by atoms with Crippen LogP contribution in [0.2, 0.25) is 0 Å². The highest BCUT2D eigenvalue weighted by molar-refractivity contribution is 5.21. The van der Waals surface area contributed by atoms with Crippen LogP contribution in [0.25, 0.3) is 0 Å². The lowest BCUT2D eigenvalue weighted by molar-refractivity contribution is 0.0171. The molecule has 2 aliphatic heterocycles. The number of likely N-dealkylation sites (tertiary alicyclic amines) is 1. The van der Waals surface area contributed by atoms with Crippen LogP contribution in [0.3, 0.4) is 0 Å². The maximum absolute atomic E-state index is 6.04. The largest absolute Gasteiger partial charge is 0.380 e. The highest BCUT2D eigenvalue weighted by Gasteiger charge is 2.50. The van der Waals surface area contributed by atoms with Crippen molar-refractivity contribution in [3.8, 4) is 0 Å². The molecule has 0 radical (unpaired) electrons. The lowest BCUT2D eigenvalue weighted by atomic mass is 9.82. The molecule has 0 saturated carbocycles. The Morgan fingerprint density at radius 3 is 3.04 bits per heavy atom. The van der Waals surface area contributed by atoms with Crippen LogP contribution < -0.4 is 0 Å². The second kappa shape index (κ2) is 6.86. The molecule has 25 heavy (non-hydrogen) atoms. The minimum Gasteiger partial charge on any atom is -0.380 e. The summed E-state index contributed by atoms with van der Waals surface area (Å²) in [7, 11) is 0. The summed E-state index contributed by atoms with van der Waals surface area (Å²) in [5.74, 6) is 1.45. The molecule has 0 unspecified atom stereocenters. The summed E-state index contributed by atoms with van der Waals surface area (Å²) in [4.78, 5) is 6.82.